The second-order valence-electron chi connectivity index (χ2n) is 5.97. The van der Waals surface area contributed by atoms with Crippen molar-refractivity contribution in [2.75, 3.05) is 19.6 Å². The number of carbonyl (C=O) groups excluding carboxylic acids is 1. The molecular formula is C17H21BrClFN4O. The van der Waals surface area contributed by atoms with Gasteiger partial charge in [-0.05, 0) is 62.2 Å². The number of rotatable bonds is 5. The molecule has 0 spiro atoms. The Hall–Kier alpha value is -1.44. The third kappa shape index (κ3) is 4.40. The fourth-order valence-corrected chi connectivity index (χ4v) is 3.54. The number of carbonyl (C=O) groups is 1. The molecule has 1 aliphatic rings. The van der Waals surface area contributed by atoms with Gasteiger partial charge < -0.3 is 10.6 Å². The molecule has 2 heterocycles. The lowest BCUT2D eigenvalue weighted by molar-refractivity contribution is -0.131. The summed E-state index contributed by atoms with van der Waals surface area (Å²) in [6.07, 6.45) is 5.34. The molecule has 0 bridgehead atoms. The van der Waals surface area contributed by atoms with Crippen molar-refractivity contribution in [3.8, 4) is 0 Å². The number of nitrogens with one attached hydrogen (secondary N) is 2. The minimum atomic E-state index is -0.662. The Labute approximate surface area is 160 Å². The number of aromatic nitrogens is 2. The molecule has 25 heavy (non-hydrogen) atoms. The Kier molecular flexibility index (Phi) is 6.98. The van der Waals surface area contributed by atoms with Crippen LogP contribution in [-0.2, 0) is 16.8 Å². The van der Waals surface area contributed by atoms with Crippen LogP contribution >= 0.6 is 28.3 Å². The lowest BCUT2D eigenvalue weighted by Gasteiger charge is -2.36. The van der Waals surface area contributed by atoms with E-state index in [1.54, 1.807) is 23.0 Å². The van der Waals surface area contributed by atoms with Crippen LogP contribution in [0.25, 0.3) is 0 Å². The average molecular weight is 432 g/mol. The number of halogens is 3. The van der Waals surface area contributed by atoms with Gasteiger partial charge in [-0.2, -0.15) is 5.10 Å². The van der Waals surface area contributed by atoms with Gasteiger partial charge in [-0.3, -0.25) is 9.48 Å². The number of nitrogens with zero attached hydrogens (tertiary/aromatic N) is 2. The molecule has 1 aliphatic heterocycles. The molecule has 0 atom stereocenters. The summed E-state index contributed by atoms with van der Waals surface area (Å²) in [7, 11) is 0. The molecule has 2 aromatic rings. The van der Waals surface area contributed by atoms with Gasteiger partial charge >= 0.3 is 0 Å². The highest BCUT2D eigenvalue weighted by Gasteiger charge is 2.41. The van der Waals surface area contributed by atoms with Gasteiger partial charge in [-0.1, -0.05) is 15.9 Å². The van der Waals surface area contributed by atoms with Crippen LogP contribution in [0.4, 0.5) is 4.39 Å². The summed E-state index contributed by atoms with van der Waals surface area (Å²) < 4.78 is 16.4. The van der Waals surface area contributed by atoms with Crippen LogP contribution in [-0.4, -0.2) is 35.3 Å². The number of piperidine rings is 1. The monoisotopic (exact) mass is 430 g/mol. The molecule has 0 unspecified atom stereocenters. The molecule has 8 heteroatoms. The van der Waals surface area contributed by atoms with Gasteiger partial charge in [-0.15, -0.1) is 12.4 Å². The van der Waals surface area contributed by atoms with Gasteiger partial charge in [0.05, 0.1) is 0 Å². The molecule has 0 radical (unpaired) electrons. The largest absolute Gasteiger partial charge is 0.354 e. The second-order valence-corrected chi connectivity index (χ2v) is 6.89. The molecule has 1 aromatic carbocycles. The third-order valence-corrected chi connectivity index (χ3v) is 4.98. The molecular weight excluding hydrogens is 411 g/mol. The first-order valence-corrected chi connectivity index (χ1v) is 8.84. The number of hydrogen-bond acceptors (Lipinski definition) is 3. The Balaban J connectivity index is 0.00000225. The van der Waals surface area contributed by atoms with Crippen molar-refractivity contribution in [3.63, 3.8) is 0 Å². The van der Waals surface area contributed by atoms with Crippen LogP contribution in [0.2, 0.25) is 0 Å². The molecule has 1 fully saturated rings. The zero-order valence-corrected chi connectivity index (χ0v) is 16.1. The molecule has 0 aliphatic carbocycles. The number of hydrogen-bond donors (Lipinski definition) is 2. The van der Waals surface area contributed by atoms with Crippen molar-refractivity contribution >= 4 is 34.2 Å². The molecule has 1 amide bonds. The summed E-state index contributed by atoms with van der Waals surface area (Å²) in [5.74, 6) is -0.306. The first kappa shape index (κ1) is 19.9. The quantitative estimate of drug-likeness (QED) is 0.765. The van der Waals surface area contributed by atoms with E-state index in [1.807, 2.05) is 12.3 Å². The standard InChI is InChI=1S/C17H20BrFN4O.ClH/c18-14-2-3-15(19)13(12-14)4-8-21-16(24)17(5-9-20-10-6-17)23-11-1-7-22-23;/h1-3,7,11-12,20H,4-6,8-10H2,(H,21,24);1H. The molecule has 5 nitrogen and oxygen atoms in total. The van der Waals surface area contributed by atoms with E-state index in [4.69, 9.17) is 0 Å². The average Bonchev–Trinajstić information content (AvgIpc) is 3.13. The highest BCUT2D eigenvalue weighted by molar-refractivity contribution is 9.10. The van der Waals surface area contributed by atoms with Crippen LogP contribution in [0.5, 0.6) is 0 Å². The molecule has 136 valence electrons. The Morgan fingerprint density at radius 3 is 2.84 bits per heavy atom. The summed E-state index contributed by atoms with van der Waals surface area (Å²) >= 11 is 3.34. The predicted molar refractivity (Wildman–Crippen MR) is 100 cm³/mol. The lowest BCUT2D eigenvalue weighted by atomic mass is 9.87. The van der Waals surface area contributed by atoms with E-state index in [0.29, 0.717) is 31.4 Å². The van der Waals surface area contributed by atoms with E-state index in [9.17, 15) is 9.18 Å². The summed E-state index contributed by atoms with van der Waals surface area (Å²) in [5.41, 5.74) is -0.0759. The van der Waals surface area contributed by atoms with Crippen molar-refractivity contribution in [3.05, 3.63) is 52.5 Å². The smallest absolute Gasteiger partial charge is 0.248 e. The summed E-state index contributed by atoms with van der Waals surface area (Å²) in [6.45, 7) is 1.93. The maximum Gasteiger partial charge on any atom is 0.248 e. The van der Waals surface area contributed by atoms with Crippen molar-refractivity contribution in [2.45, 2.75) is 24.8 Å². The van der Waals surface area contributed by atoms with Crippen LogP contribution in [0.15, 0.2) is 41.1 Å². The Morgan fingerprint density at radius 2 is 2.16 bits per heavy atom. The van der Waals surface area contributed by atoms with Gasteiger partial charge in [0.25, 0.3) is 0 Å². The first-order valence-electron chi connectivity index (χ1n) is 8.05. The molecule has 2 N–H and O–H groups in total. The zero-order chi connectivity index (χ0) is 17.0. The van der Waals surface area contributed by atoms with Crippen LogP contribution in [0.1, 0.15) is 18.4 Å². The third-order valence-electron chi connectivity index (χ3n) is 4.48. The van der Waals surface area contributed by atoms with Gasteiger partial charge in [0, 0.05) is 23.4 Å². The first-order chi connectivity index (χ1) is 11.6. The summed E-state index contributed by atoms with van der Waals surface area (Å²) in [6, 6.07) is 6.67. The highest BCUT2D eigenvalue weighted by Crippen LogP contribution is 2.27. The summed E-state index contributed by atoms with van der Waals surface area (Å²) in [5, 5.41) is 10.5. The lowest BCUT2D eigenvalue weighted by Crippen LogP contribution is -2.54. The topological polar surface area (TPSA) is 59.0 Å². The molecule has 1 aromatic heterocycles. The van der Waals surface area contributed by atoms with Crippen molar-refractivity contribution in [1.29, 1.82) is 0 Å². The van der Waals surface area contributed by atoms with E-state index in [2.05, 4.69) is 31.7 Å². The summed E-state index contributed by atoms with van der Waals surface area (Å²) in [4.78, 5) is 12.9. The SMILES string of the molecule is Cl.O=C(NCCc1cc(Br)ccc1F)C1(n2cccn2)CCNCC1. The maximum atomic E-state index is 13.8. The van der Waals surface area contributed by atoms with Gasteiger partial charge in [0.15, 0.2) is 0 Å². The maximum absolute atomic E-state index is 13.8. The van der Waals surface area contributed by atoms with Gasteiger partial charge in [0.2, 0.25) is 5.91 Å². The fourth-order valence-electron chi connectivity index (χ4n) is 3.13. The Bertz CT molecular complexity index is 705. The van der Waals surface area contributed by atoms with E-state index in [0.717, 1.165) is 17.6 Å². The molecule has 3 rings (SSSR count). The van der Waals surface area contributed by atoms with Crippen molar-refractivity contribution in [1.82, 2.24) is 20.4 Å². The van der Waals surface area contributed by atoms with E-state index < -0.39 is 5.54 Å². The predicted octanol–water partition coefficient (Wildman–Crippen LogP) is 2.64. The number of benzene rings is 1. The van der Waals surface area contributed by atoms with E-state index >= 15 is 0 Å². The minimum absolute atomic E-state index is 0. The van der Waals surface area contributed by atoms with Crippen LogP contribution in [0, 0.1) is 5.82 Å². The van der Waals surface area contributed by atoms with Gasteiger partial charge in [0.1, 0.15) is 11.4 Å². The Morgan fingerprint density at radius 1 is 1.40 bits per heavy atom. The number of amides is 1. The van der Waals surface area contributed by atoms with Crippen molar-refractivity contribution < 1.29 is 9.18 Å². The van der Waals surface area contributed by atoms with E-state index in [1.165, 1.54) is 6.07 Å². The normalized spacial score (nSPS) is 16.1. The highest BCUT2D eigenvalue weighted by atomic mass is 79.9. The fraction of sp³-hybridized carbons (Fsp3) is 0.412. The molecule has 1 saturated heterocycles. The minimum Gasteiger partial charge on any atom is -0.354 e. The zero-order valence-electron chi connectivity index (χ0n) is 13.7. The molecule has 0 saturated carbocycles. The van der Waals surface area contributed by atoms with Gasteiger partial charge in [-0.25, -0.2) is 4.39 Å². The van der Waals surface area contributed by atoms with Crippen LogP contribution in [0.3, 0.4) is 0 Å². The van der Waals surface area contributed by atoms with Crippen LogP contribution < -0.4 is 10.6 Å². The van der Waals surface area contributed by atoms with Crippen molar-refractivity contribution in [2.24, 2.45) is 0 Å². The van der Waals surface area contributed by atoms with E-state index in [-0.39, 0.29) is 24.1 Å². The second kappa shape index (κ2) is 8.78.